The van der Waals surface area contributed by atoms with E-state index in [0.717, 1.165) is 29.5 Å². The van der Waals surface area contributed by atoms with Gasteiger partial charge in [0.1, 0.15) is 0 Å². The molecule has 2 N–H and O–H groups in total. The first kappa shape index (κ1) is 15.3. The van der Waals surface area contributed by atoms with Gasteiger partial charge in [-0.2, -0.15) is 0 Å². The van der Waals surface area contributed by atoms with Crippen LogP contribution < -0.4 is 5.32 Å². The molecular formula is C19H19NO3. The Hall–Kier alpha value is -2.62. The summed E-state index contributed by atoms with van der Waals surface area (Å²) in [4.78, 5) is 23.4. The summed E-state index contributed by atoms with van der Waals surface area (Å²) in [7, 11) is 0. The van der Waals surface area contributed by atoms with Gasteiger partial charge >= 0.3 is 5.97 Å². The molecule has 0 radical (unpaired) electrons. The average Bonchev–Trinajstić information content (AvgIpc) is 3.30. The van der Waals surface area contributed by atoms with Gasteiger partial charge in [-0.1, -0.05) is 42.0 Å². The standard InChI is InChI=1S/C19H19NO3/c1-13-3-2-4-15(11-13)19(9-10-19)18(23)20-16-7-5-14(6-8-16)12-17(21)22/h2-8,11H,9-10,12H2,1H3,(H,20,23)(H,21,22). The maximum Gasteiger partial charge on any atom is 0.307 e. The van der Waals surface area contributed by atoms with Crippen molar-refractivity contribution < 1.29 is 14.7 Å². The molecular weight excluding hydrogens is 290 g/mol. The maximum atomic E-state index is 12.7. The van der Waals surface area contributed by atoms with Gasteiger partial charge in [-0.05, 0) is 43.0 Å². The number of aliphatic carboxylic acids is 1. The number of carboxylic acids is 1. The number of benzene rings is 2. The number of carbonyl (C=O) groups excluding carboxylic acids is 1. The van der Waals surface area contributed by atoms with Gasteiger partial charge in [0, 0.05) is 5.69 Å². The molecule has 4 nitrogen and oxygen atoms in total. The van der Waals surface area contributed by atoms with E-state index in [2.05, 4.69) is 11.4 Å². The number of nitrogens with one attached hydrogen (secondary N) is 1. The van der Waals surface area contributed by atoms with Crippen molar-refractivity contribution in [3.05, 3.63) is 65.2 Å². The van der Waals surface area contributed by atoms with Crippen molar-refractivity contribution in [3.8, 4) is 0 Å². The first-order chi connectivity index (χ1) is 11.0. The van der Waals surface area contributed by atoms with Gasteiger partial charge in [-0.25, -0.2) is 0 Å². The van der Waals surface area contributed by atoms with Crippen LogP contribution in [0.5, 0.6) is 0 Å². The van der Waals surface area contributed by atoms with Gasteiger partial charge < -0.3 is 10.4 Å². The second-order valence-electron chi connectivity index (χ2n) is 6.17. The first-order valence-electron chi connectivity index (χ1n) is 7.69. The molecule has 1 aliphatic rings. The summed E-state index contributed by atoms with van der Waals surface area (Å²) < 4.78 is 0. The van der Waals surface area contributed by atoms with Gasteiger partial charge in [0.2, 0.25) is 5.91 Å². The lowest BCUT2D eigenvalue weighted by Gasteiger charge is -2.16. The third-order valence-corrected chi connectivity index (χ3v) is 4.32. The molecule has 1 fully saturated rings. The molecule has 1 aliphatic carbocycles. The van der Waals surface area contributed by atoms with Crippen molar-refractivity contribution in [2.24, 2.45) is 0 Å². The molecule has 0 aromatic heterocycles. The number of carboxylic acid groups (broad SMARTS) is 1. The summed E-state index contributed by atoms with van der Waals surface area (Å²) in [5.41, 5.74) is 3.22. The van der Waals surface area contributed by atoms with E-state index < -0.39 is 11.4 Å². The minimum atomic E-state index is -0.863. The summed E-state index contributed by atoms with van der Waals surface area (Å²) in [6, 6.07) is 15.1. The predicted molar refractivity (Wildman–Crippen MR) is 88.5 cm³/mol. The van der Waals surface area contributed by atoms with Crippen molar-refractivity contribution >= 4 is 17.6 Å². The predicted octanol–water partition coefficient (Wildman–Crippen LogP) is 3.29. The minimum absolute atomic E-state index is 0.00841. The second kappa shape index (κ2) is 5.88. The molecule has 0 aliphatic heterocycles. The highest BCUT2D eigenvalue weighted by atomic mass is 16.4. The van der Waals surface area contributed by atoms with E-state index in [1.807, 2.05) is 25.1 Å². The Labute approximate surface area is 135 Å². The molecule has 0 bridgehead atoms. The van der Waals surface area contributed by atoms with Crippen LogP contribution in [0, 0.1) is 6.92 Å². The van der Waals surface area contributed by atoms with Gasteiger partial charge in [-0.3, -0.25) is 9.59 Å². The summed E-state index contributed by atoms with van der Waals surface area (Å²) in [6.07, 6.45) is 1.71. The van der Waals surface area contributed by atoms with Crippen molar-refractivity contribution in [1.82, 2.24) is 0 Å². The van der Waals surface area contributed by atoms with E-state index in [4.69, 9.17) is 5.11 Å². The fraction of sp³-hybridized carbons (Fsp3) is 0.263. The Balaban J connectivity index is 1.73. The molecule has 1 amide bonds. The van der Waals surface area contributed by atoms with Crippen LogP contribution in [0.15, 0.2) is 48.5 Å². The summed E-state index contributed by atoms with van der Waals surface area (Å²) in [5.74, 6) is -0.854. The van der Waals surface area contributed by atoms with Crippen LogP contribution >= 0.6 is 0 Å². The normalized spacial score (nSPS) is 15.0. The lowest BCUT2D eigenvalue weighted by molar-refractivity contribution is -0.136. The van der Waals surface area contributed by atoms with Crippen LogP contribution in [0.2, 0.25) is 0 Å². The number of hydrogen-bond donors (Lipinski definition) is 2. The largest absolute Gasteiger partial charge is 0.481 e. The van der Waals surface area contributed by atoms with Crippen LogP contribution in [0.25, 0.3) is 0 Å². The lowest BCUT2D eigenvalue weighted by Crippen LogP contribution is -2.27. The first-order valence-corrected chi connectivity index (χ1v) is 7.69. The Kier molecular flexibility index (Phi) is 3.90. The summed E-state index contributed by atoms with van der Waals surface area (Å²) in [5, 5.41) is 11.7. The topological polar surface area (TPSA) is 66.4 Å². The number of anilines is 1. The van der Waals surface area contributed by atoms with Crippen molar-refractivity contribution in [2.45, 2.75) is 31.6 Å². The Morgan fingerprint density at radius 1 is 1.13 bits per heavy atom. The molecule has 0 heterocycles. The molecule has 1 saturated carbocycles. The lowest BCUT2D eigenvalue weighted by atomic mass is 9.93. The third kappa shape index (κ3) is 3.26. The Bertz CT molecular complexity index is 745. The summed E-state index contributed by atoms with van der Waals surface area (Å²) in [6.45, 7) is 2.03. The average molecular weight is 309 g/mol. The van der Waals surface area contributed by atoms with Crippen LogP contribution in [-0.4, -0.2) is 17.0 Å². The Morgan fingerprint density at radius 3 is 2.39 bits per heavy atom. The SMILES string of the molecule is Cc1cccc(C2(C(=O)Nc3ccc(CC(=O)O)cc3)CC2)c1. The van der Waals surface area contributed by atoms with E-state index in [1.54, 1.807) is 24.3 Å². The molecule has 4 heteroatoms. The number of carbonyl (C=O) groups is 2. The monoisotopic (exact) mass is 309 g/mol. The molecule has 118 valence electrons. The van der Waals surface area contributed by atoms with Crippen molar-refractivity contribution in [1.29, 1.82) is 0 Å². The molecule has 2 aromatic rings. The highest BCUT2D eigenvalue weighted by Gasteiger charge is 2.51. The van der Waals surface area contributed by atoms with Crippen molar-refractivity contribution in [3.63, 3.8) is 0 Å². The van der Waals surface area contributed by atoms with E-state index in [0.29, 0.717) is 5.69 Å². The van der Waals surface area contributed by atoms with Crippen LogP contribution in [0.3, 0.4) is 0 Å². The summed E-state index contributed by atoms with van der Waals surface area (Å²) >= 11 is 0. The molecule has 0 spiro atoms. The van der Waals surface area contributed by atoms with Gasteiger partial charge in [-0.15, -0.1) is 0 Å². The van der Waals surface area contributed by atoms with Gasteiger partial charge in [0.25, 0.3) is 0 Å². The fourth-order valence-corrected chi connectivity index (χ4v) is 2.85. The van der Waals surface area contributed by atoms with Crippen LogP contribution in [0.1, 0.15) is 29.5 Å². The van der Waals surface area contributed by atoms with E-state index in [-0.39, 0.29) is 12.3 Å². The van der Waals surface area contributed by atoms with Gasteiger partial charge in [0.05, 0.1) is 11.8 Å². The maximum absolute atomic E-state index is 12.7. The highest BCUT2D eigenvalue weighted by Crippen LogP contribution is 2.49. The van der Waals surface area contributed by atoms with E-state index in [1.165, 1.54) is 0 Å². The van der Waals surface area contributed by atoms with Gasteiger partial charge in [0.15, 0.2) is 0 Å². The number of amides is 1. The zero-order valence-corrected chi connectivity index (χ0v) is 13.0. The molecule has 0 unspecified atom stereocenters. The molecule has 2 aromatic carbocycles. The second-order valence-corrected chi connectivity index (χ2v) is 6.17. The molecule has 0 atom stereocenters. The van der Waals surface area contributed by atoms with Crippen molar-refractivity contribution in [2.75, 3.05) is 5.32 Å². The quantitative estimate of drug-likeness (QED) is 0.890. The van der Waals surface area contributed by atoms with E-state index >= 15 is 0 Å². The molecule has 23 heavy (non-hydrogen) atoms. The van der Waals surface area contributed by atoms with Crippen LogP contribution in [0.4, 0.5) is 5.69 Å². The third-order valence-electron chi connectivity index (χ3n) is 4.32. The zero-order chi connectivity index (χ0) is 16.4. The van der Waals surface area contributed by atoms with Crippen LogP contribution in [-0.2, 0) is 21.4 Å². The molecule has 0 saturated heterocycles. The highest BCUT2D eigenvalue weighted by molar-refractivity contribution is 6.01. The Morgan fingerprint density at radius 2 is 1.83 bits per heavy atom. The molecule has 3 rings (SSSR count). The number of hydrogen-bond acceptors (Lipinski definition) is 2. The zero-order valence-electron chi connectivity index (χ0n) is 13.0. The van der Waals surface area contributed by atoms with E-state index in [9.17, 15) is 9.59 Å². The minimum Gasteiger partial charge on any atom is -0.481 e. The smallest absolute Gasteiger partial charge is 0.307 e. The number of aryl methyl sites for hydroxylation is 1. The number of rotatable bonds is 5. The fourth-order valence-electron chi connectivity index (χ4n) is 2.85.